The lowest BCUT2D eigenvalue weighted by atomic mass is 9.96. The van der Waals surface area contributed by atoms with Crippen LogP contribution in [0.15, 0.2) is 0 Å². The zero-order valence-corrected chi connectivity index (χ0v) is 9.50. The Bertz CT molecular complexity index is 166. The van der Waals surface area contributed by atoms with Crippen LogP contribution in [-0.4, -0.2) is 44.0 Å². The van der Waals surface area contributed by atoms with Crippen LogP contribution in [0.2, 0.25) is 0 Å². The summed E-state index contributed by atoms with van der Waals surface area (Å²) >= 11 is 0. The molecule has 0 aliphatic carbocycles. The Labute approximate surface area is 81.1 Å². The topological polar surface area (TPSA) is 29.5 Å². The molecule has 13 heavy (non-hydrogen) atoms. The molecule has 0 heterocycles. The van der Waals surface area contributed by atoms with Gasteiger partial charge in [0.1, 0.15) is 5.78 Å². The lowest BCUT2D eigenvalue weighted by Gasteiger charge is -2.31. The number of carbonyl (C=O) groups is 1. The van der Waals surface area contributed by atoms with E-state index in [2.05, 4.69) is 13.8 Å². The van der Waals surface area contributed by atoms with Crippen LogP contribution in [-0.2, 0) is 9.53 Å². The number of rotatable bonds is 5. The van der Waals surface area contributed by atoms with Gasteiger partial charge in [-0.1, -0.05) is 13.8 Å². The number of hydrogen-bond acceptors (Lipinski definition) is 3. The lowest BCUT2D eigenvalue weighted by Crippen LogP contribution is -2.47. The van der Waals surface area contributed by atoms with Crippen LogP contribution in [0.1, 0.15) is 20.8 Å². The zero-order chi connectivity index (χ0) is 10.6. The third-order valence-corrected chi connectivity index (χ3v) is 2.21. The maximum Gasteiger partial charge on any atom is 0.149 e. The average molecular weight is 187 g/mol. The van der Waals surface area contributed by atoms with Crippen molar-refractivity contribution < 1.29 is 9.53 Å². The quantitative estimate of drug-likeness (QED) is 0.647. The standard InChI is InChI=1S/C10H21NO2/c1-7(2)10(13-6)9(8(3)12)11(4)5/h7,9-10H,1-6H3. The summed E-state index contributed by atoms with van der Waals surface area (Å²) in [4.78, 5) is 13.3. The van der Waals surface area contributed by atoms with E-state index in [1.807, 2.05) is 19.0 Å². The van der Waals surface area contributed by atoms with Gasteiger partial charge in [-0.3, -0.25) is 9.69 Å². The number of carbonyl (C=O) groups excluding carboxylic acids is 1. The van der Waals surface area contributed by atoms with Crippen LogP contribution in [0.4, 0.5) is 0 Å². The molecule has 0 aromatic carbocycles. The van der Waals surface area contributed by atoms with E-state index < -0.39 is 0 Å². The molecule has 0 saturated heterocycles. The Morgan fingerprint density at radius 2 is 1.77 bits per heavy atom. The van der Waals surface area contributed by atoms with Crippen molar-refractivity contribution in [1.29, 1.82) is 0 Å². The molecule has 0 N–H and O–H groups in total. The molecule has 2 unspecified atom stereocenters. The molecule has 3 nitrogen and oxygen atoms in total. The third kappa shape index (κ3) is 3.44. The number of ether oxygens (including phenoxy) is 1. The molecule has 0 saturated carbocycles. The van der Waals surface area contributed by atoms with E-state index in [0.29, 0.717) is 5.92 Å². The van der Waals surface area contributed by atoms with E-state index in [9.17, 15) is 4.79 Å². The van der Waals surface area contributed by atoms with E-state index in [4.69, 9.17) is 4.74 Å². The first-order chi connectivity index (χ1) is 5.91. The number of hydrogen-bond donors (Lipinski definition) is 0. The molecule has 0 fully saturated rings. The van der Waals surface area contributed by atoms with Crippen LogP contribution >= 0.6 is 0 Å². The summed E-state index contributed by atoms with van der Waals surface area (Å²) in [6.45, 7) is 5.74. The highest BCUT2D eigenvalue weighted by atomic mass is 16.5. The van der Waals surface area contributed by atoms with E-state index >= 15 is 0 Å². The Morgan fingerprint density at radius 3 is 1.85 bits per heavy atom. The Morgan fingerprint density at radius 1 is 1.31 bits per heavy atom. The number of Topliss-reactive ketones (excluding diaryl/α,β-unsaturated/α-hetero) is 1. The van der Waals surface area contributed by atoms with Crippen molar-refractivity contribution in [1.82, 2.24) is 4.90 Å². The highest BCUT2D eigenvalue weighted by molar-refractivity contribution is 5.82. The van der Waals surface area contributed by atoms with Crippen molar-refractivity contribution in [3.05, 3.63) is 0 Å². The maximum absolute atomic E-state index is 11.4. The van der Waals surface area contributed by atoms with Gasteiger partial charge in [0.2, 0.25) is 0 Å². The van der Waals surface area contributed by atoms with Crippen molar-refractivity contribution in [2.75, 3.05) is 21.2 Å². The van der Waals surface area contributed by atoms with Gasteiger partial charge in [-0.2, -0.15) is 0 Å². The predicted molar refractivity (Wildman–Crippen MR) is 53.8 cm³/mol. The predicted octanol–water partition coefficient (Wildman–Crippen LogP) is 1.18. The molecule has 0 aliphatic rings. The fraction of sp³-hybridized carbons (Fsp3) is 0.900. The third-order valence-electron chi connectivity index (χ3n) is 2.21. The van der Waals surface area contributed by atoms with Crippen LogP contribution < -0.4 is 0 Å². The molecule has 2 atom stereocenters. The summed E-state index contributed by atoms with van der Waals surface area (Å²) in [6, 6.07) is -0.134. The fourth-order valence-corrected chi connectivity index (χ4v) is 1.65. The Kier molecular flexibility index (Phi) is 5.18. The van der Waals surface area contributed by atoms with Gasteiger partial charge in [0.25, 0.3) is 0 Å². The minimum absolute atomic E-state index is 0.0208. The second-order valence-electron chi connectivity index (χ2n) is 3.96. The van der Waals surface area contributed by atoms with Gasteiger partial charge in [-0.05, 0) is 26.9 Å². The van der Waals surface area contributed by atoms with Gasteiger partial charge in [0, 0.05) is 7.11 Å². The molecule has 0 aliphatic heterocycles. The van der Waals surface area contributed by atoms with Crippen molar-refractivity contribution in [2.45, 2.75) is 32.9 Å². The number of methoxy groups -OCH3 is 1. The molecule has 0 aromatic rings. The largest absolute Gasteiger partial charge is 0.379 e. The van der Waals surface area contributed by atoms with Crippen LogP contribution in [0.25, 0.3) is 0 Å². The van der Waals surface area contributed by atoms with Crippen LogP contribution in [0, 0.1) is 5.92 Å². The van der Waals surface area contributed by atoms with Crippen molar-refractivity contribution in [3.63, 3.8) is 0 Å². The van der Waals surface area contributed by atoms with E-state index in [-0.39, 0.29) is 17.9 Å². The van der Waals surface area contributed by atoms with Gasteiger partial charge in [-0.25, -0.2) is 0 Å². The van der Waals surface area contributed by atoms with Gasteiger partial charge in [0.05, 0.1) is 12.1 Å². The Hall–Kier alpha value is -0.410. The summed E-state index contributed by atoms with van der Waals surface area (Å²) in [5.41, 5.74) is 0. The zero-order valence-electron chi connectivity index (χ0n) is 9.50. The minimum atomic E-state index is -0.134. The fourth-order valence-electron chi connectivity index (χ4n) is 1.65. The highest BCUT2D eigenvalue weighted by Gasteiger charge is 2.29. The van der Waals surface area contributed by atoms with Crippen molar-refractivity contribution in [3.8, 4) is 0 Å². The monoisotopic (exact) mass is 187 g/mol. The first kappa shape index (κ1) is 12.6. The molecule has 0 radical (unpaired) electrons. The molecule has 0 aromatic heterocycles. The molecule has 0 bridgehead atoms. The lowest BCUT2D eigenvalue weighted by molar-refractivity contribution is -0.127. The van der Waals surface area contributed by atoms with Crippen LogP contribution in [0.5, 0.6) is 0 Å². The first-order valence-corrected chi connectivity index (χ1v) is 4.61. The van der Waals surface area contributed by atoms with Crippen molar-refractivity contribution >= 4 is 5.78 Å². The minimum Gasteiger partial charge on any atom is -0.379 e. The van der Waals surface area contributed by atoms with E-state index in [1.54, 1.807) is 14.0 Å². The number of likely N-dealkylation sites (N-methyl/N-ethyl adjacent to an activating group) is 1. The van der Waals surface area contributed by atoms with Crippen molar-refractivity contribution in [2.24, 2.45) is 5.92 Å². The highest BCUT2D eigenvalue weighted by Crippen LogP contribution is 2.14. The first-order valence-electron chi connectivity index (χ1n) is 4.61. The van der Waals surface area contributed by atoms with Crippen LogP contribution in [0.3, 0.4) is 0 Å². The molecule has 0 spiro atoms. The number of ketones is 1. The molecular weight excluding hydrogens is 166 g/mol. The summed E-state index contributed by atoms with van der Waals surface area (Å²) < 4.78 is 5.33. The summed E-state index contributed by atoms with van der Waals surface area (Å²) in [5.74, 6) is 0.506. The number of nitrogens with zero attached hydrogens (tertiary/aromatic N) is 1. The van der Waals surface area contributed by atoms with E-state index in [0.717, 1.165) is 0 Å². The second kappa shape index (κ2) is 5.35. The summed E-state index contributed by atoms with van der Waals surface area (Å²) in [7, 11) is 5.46. The smallest absolute Gasteiger partial charge is 0.149 e. The normalized spacial score (nSPS) is 16.3. The van der Waals surface area contributed by atoms with Gasteiger partial charge < -0.3 is 4.74 Å². The molecule has 0 rings (SSSR count). The molecule has 0 amide bonds. The van der Waals surface area contributed by atoms with E-state index in [1.165, 1.54) is 0 Å². The molecule has 3 heteroatoms. The van der Waals surface area contributed by atoms with Gasteiger partial charge in [-0.15, -0.1) is 0 Å². The molecular formula is C10H21NO2. The average Bonchev–Trinajstić information content (AvgIpc) is 1.97. The second-order valence-corrected chi connectivity index (χ2v) is 3.96. The maximum atomic E-state index is 11.4. The summed E-state index contributed by atoms with van der Waals surface area (Å²) in [5, 5.41) is 0. The van der Waals surface area contributed by atoms with Gasteiger partial charge in [0.15, 0.2) is 0 Å². The Balaban J connectivity index is 4.59. The SMILES string of the molecule is COC(C(C)C)C(C(C)=O)N(C)C. The summed E-state index contributed by atoms with van der Waals surface area (Å²) in [6.07, 6.45) is -0.0208. The molecule has 78 valence electrons. The van der Waals surface area contributed by atoms with Gasteiger partial charge >= 0.3 is 0 Å².